The van der Waals surface area contributed by atoms with Gasteiger partial charge in [-0.1, -0.05) is 18.2 Å². The molecule has 2 heterocycles. The summed E-state index contributed by atoms with van der Waals surface area (Å²) in [7, 11) is 2.84. The molecule has 3 N–H and O–H groups in total. The zero-order valence-corrected chi connectivity index (χ0v) is 19.9. The number of methoxy groups -OCH3 is 2. The molecule has 0 bridgehead atoms. The van der Waals surface area contributed by atoms with Gasteiger partial charge < -0.3 is 20.1 Å². The van der Waals surface area contributed by atoms with Crippen molar-refractivity contribution in [1.29, 1.82) is 0 Å². The number of anilines is 1. The van der Waals surface area contributed by atoms with E-state index in [0.717, 1.165) is 16.7 Å². The molecule has 200 valence electrons. The zero-order valence-electron chi connectivity index (χ0n) is 19.9. The summed E-state index contributed by atoms with van der Waals surface area (Å²) in [5.41, 5.74) is -7.96. The lowest BCUT2D eigenvalue weighted by Gasteiger charge is -2.30. The molecule has 4 rings (SSSR count). The molecule has 2 aromatic carbocycles. The van der Waals surface area contributed by atoms with Crippen molar-refractivity contribution in [1.82, 2.24) is 14.9 Å². The van der Waals surface area contributed by atoms with Crippen LogP contribution in [0.4, 0.5) is 23.4 Å². The van der Waals surface area contributed by atoms with Gasteiger partial charge >= 0.3 is 11.9 Å². The summed E-state index contributed by atoms with van der Waals surface area (Å²) in [6.07, 6.45) is -5.49. The summed E-state index contributed by atoms with van der Waals surface area (Å²) in [6.45, 7) is -0.275. The standard InChI is InChI=1S/C24H20F4N4O6/c1-37-15-8-7-12(11-16(15)38-2)9-10-32-18-17(20(34)30-22(32)36)23(21(35)29-18,24(26,27)28)31-19(33)13-5-3-4-6-14(13)25/h3-8,11H,9-10H2,1-2H3,(H,29,35)(H,31,33)(H,30,34,36)/t23-/m1/s1. The van der Waals surface area contributed by atoms with Gasteiger partial charge in [-0.25, -0.2) is 9.18 Å². The molecule has 10 nitrogen and oxygen atoms in total. The Morgan fingerprint density at radius 2 is 1.74 bits per heavy atom. The normalized spacial score (nSPS) is 16.5. The second-order valence-corrected chi connectivity index (χ2v) is 8.21. The minimum atomic E-state index is -5.55. The van der Waals surface area contributed by atoms with E-state index in [1.807, 2.05) is 5.32 Å². The van der Waals surface area contributed by atoms with E-state index in [2.05, 4.69) is 0 Å². The minimum absolute atomic E-state index is 0.0647. The number of alkyl halides is 3. The molecule has 0 spiro atoms. The van der Waals surface area contributed by atoms with Gasteiger partial charge in [-0.2, -0.15) is 13.2 Å². The third-order valence-electron chi connectivity index (χ3n) is 6.06. The van der Waals surface area contributed by atoms with Crippen LogP contribution in [0.25, 0.3) is 0 Å². The van der Waals surface area contributed by atoms with Crippen LogP contribution in [-0.2, 0) is 23.3 Å². The number of carbonyl (C=O) groups excluding carboxylic acids is 2. The molecule has 0 aliphatic carbocycles. The number of aromatic nitrogens is 2. The van der Waals surface area contributed by atoms with E-state index >= 15 is 0 Å². The van der Waals surface area contributed by atoms with Crippen molar-refractivity contribution in [3.05, 3.63) is 85.8 Å². The number of hydrogen-bond acceptors (Lipinski definition) is 6. The van der Waals surface area contributed by atoms with Crippen molar-refractivity contribution in [3.63, 3.8) is 0 Å². The number of benzene rings is 2. The Labute approximate surface area is 211 Å². The van der Waals surface area contributed by atoms with Crippen LogP contribution in [0.5, 0.6) is 11.5 Å². The van der Waals surface area contributed by atoms with Gasteiger partial charge in [0.1, 0.15) is 17.2 Å². The summed E-state index contributed by atoms with van der Waals surface area (Å²) in [5.74, 6) is -4.52. The van der Waals surface area contributed by atoms with Gasteiger partial charge in [-0.05, 0) is 36.2 Å². The molecule has 0 saturated heterocycles. The number of amides is 2. The number of carbonyl (C=O) groups is 2. The third-order valence-corrected chi connectivity index (χ3v) is 6.06. The van der Waals surface area contributed by atoms with E-state index in [-0.39, 0.29) is 13.0 Å². The Morgan fingerprint density at radius 1 is 1.05 bits per heavy atom. The number of hydrogen-bond donors (Lipinski definition) is 3. The first-order chi connectivity index (χ1) is 17.9. The first-order valence-electron chi connectivity index (χ1n) is 11.0. The molecule has 0 saturated carbocycles. The molecule has 38 heavy (non-hydrogen) atoms. The van der Waals surface area contributed by atoms with Gasteiger partial charge in [0.05, 0.1) is 19.8 Å². The average Bonchev–Trinajstić information content (AvgIpc) is 3.16. The summed E-state index contributed by atoms with van der Waals surface area (Å²) in [5, 5.41) is 3.43. The molecular formula is C24H20F4N4O6. The monoisotopic (exact) mass is 536 g/mol. The zero-order chi connectivity index (χ0) is 27.8. The van der Waals surface area contributed by atoms with Crippen molar-refractivity contribution < 1.29 is 36.6 Å². The molecule has 3 aromatic rings. The Bertz CT molecular complexity index is 1550. The lowest BCUT2D eigenvalue weighted by Crippen LogP contribution is -2.62. The quantitative estimate of drug-likeness (QED) is 0.397. The molecule has 1 aliphatic heterocycles. The Morgan fingerprint density at radius 3 is 2.37 bits per heavy atom. The van der Waals surface area contributed by atoms with Gasteiger partial charge in [0.15, 0.2) is 11.5 Å². The highest BCUT2D eigenvalue weighted by Crippen LogP contribution is 2.45. The summed E-state index contributed by atoms with van der Waals surface area (Å²) >= 11 is 0. The molecule has 2 amide bonds. The van der Waals surface area contributed by atoms with E-state index < -0.39 is 57.5 Å². The van der Waals surface area contributed by atoms with Crippen LogP contribution in [-0.4, -0.2) is 41.8 Å². The fourth-order valence-corrected chi connectivity index (χ4v) is 4.20. The van der Waals surface area contributed by atoms with Crippen molar-refractivity contribution in [2.75, 3.05) is 19.5 Å². The van der Waals surface area contributed by atoms with Gasteiger partial charge in [0.2, 0.25) is 0 Å². The van der Waals surface area contributed by atoms with Crippen molar-refractivity contribution >= 4 is 17.6 Å². The average molecular weight is 536 g/mol. The highest BCUT2D eigenvalue weighted by atomic mass is 19.4. The SMILES string of the molecule is COc1ccc(CCn2c3c(c(=O)[nH]c2=O)[C@](NC(=O)c2ccccc2F)(C(F)(F)F)C(=O)N3)cc1OC. The third kappa shape index (κ3) is 4.27. The van der Waals surface area contributed by atoms with Crippen LogP contribution in [0.15, 0.2) is 52.1 Å². The minimum Gasteiger partial charge on any atom is -0.493 e. The van der Waals surface area contributed by atoms with Crippen molar-refractivity contribution in [2.24, 2.45) is 0 Å². The van der Waals surface area contributed by atoms with Crippen LogP contribution in [0.1, 0.15) is 21.5 Å². The van der Waals surface area contributed by atoms with Gasteiger partial charge in [-0.15, -0.1) is 0 Å². The maximum Gasteiger partial charge on any atom is 0.425 e. The highest BCUT2D eigenvalue weighted by Gasteiger charge is 2.68. The van der Waals surface area contributed by atoms with Crippen LogP contribution in [0.2, 0.25) is 0 Å². The molecule has 14 heteroatoms. The molecule has 0 fully saturated rings. The Hall–Kier alpha value is -4.62. The van der Waals surface area contributed by atoms with Crippen LogP contribution in [0, 0.1) is 5.82 Å². The number of nitrogens with one attached hydrogen (secondary N) is 3. The maximum atomic E-state index is 14.5. The topological polar surface area (TPSA) is 132 Å². The van der Waals surface area contributed by atoms with Crippen molar-refractivity contribution in [2.45, 2.75) is 24.7 Å². The Balaban J connectivity index is 1.80. The number of ether oxygens (including phenoxy) is 2. The van der Waals surface area contributed by atoms with Gasteiger partial charge in [0.25, 0.3) is 22.9 Å². The molecule has 1 atom stereocenters. The lowest BCUT2D eigenvalue weighted by molar-refractivity contribution is -0.196. The van der Waals surface area contributed by atoms with E-state index in [0.29, 0.717) is 17.1 Å². The lowest BCUT2D eigenvalue weighted by atomic mass is 9.91. The molecular weight excluding hydrogens is 516 g/mol. The highest BCUT2D eigenvalue weighted by molar-refractivity contribution is 6.09. The second kappa shape index (κ2) is 9.68. The molecule has 0 radical (unpaired) electrons. The smallest absolute Gasteiger partial charge is 0.425 e. The fraction of sp³-hybridized carbons (Fsp3) is 0.250. The second-order valence-electron chi connectivity index (χ2n) is 8.21. The first-order valence-corrected chi connectivity index (χ1v) is 11.0. The number of fused-ring (bicyclic) bond motifs is 1. The predicted octanol–water partition coefficient (Wildman–Crippen LogP) is 2.08. The van der Waals surface area contributed by atoms with E-state index in [4.69, 9.17) is 9.47 Å². The number of aryl methyl sites for hydroxylation is 1. The van der Waals surface area contributed by atoms with E-state index in [1.165, 1.54) is 31.7 Å². The predicted molar refractivity (Wildman–Crippen MR) is 125 cm³/mol. The van der Waals surface area contributed by atoms with Crippen LogP contribution < -0.4 is 31.4 Å². The summed E-state index contributed by atoms with van der Waals surface area (Å²) < 4.78 is 68.7. The van der Waals surface area contributed by atoms with Gasteiger partial charge in [0, 0.05) is 6.54 Å². The number of H-pyrrole nitrogens is 1. The summed E-state index contributed by atoms with van der Waals surface area (Å²) in [6, 6.07) is 8.98. The number of aromatic amines is 1. The first kappa shape index (κ1) is 26.4. The maximum absolute atomic E-state index is 14.5. The van der Waals surface area contributed by atoms with Crippen LogP contribution >= 0.6 is 0 Å². The summed E-state index contributed by atoms with van der Waals surface area (Å²) in [4.78, 5) is 52.6. The van der Waals surface area contributed by atoms with E-state index in [9.17, 15) is 36.7 Å². The molecule has 1 aliphatic rings. The van der Waals surface area contributed by atoms with Crippen LogP contribution in [0.3, 0.4) is 0 Å². The number of nitrogens with zero attached hydrogens (tertiary/aromatic N) is 1. The number of halogens is 4. The Kier molecular flexibility index (Phi) is 6.74. The number of rotatable bonds is 7. The van der Waals surface area contributed by atoms with E-state index in [1.54, 1.807) is 23.2 Å². The van der Waals surface area contributed by atoms with Gasteiger partial charge in [-0.3, -0.25) is 23.9 Å². The molecule has 0 unspecified atom stereocenters. The largest absolute Gasteiger partial charge is 0.493 e. The fourth-order valence-electron chi connectivity index (χ4n) is 4.20. The van der Waals surface area contributed by atoms with Crippen molar-refractivity contribution in [3.8, 4) is 11.5 Å². The molecule has 1 aromatic heterocycles.